The van der Waals surface area contributed by atoms with Crippen LogP contribution in [-0.2, 0) is 0 Å². The number of hydrogen-bond donors (Lipinski definition) is 2. The van der Waals surface area contributed by atoms with Gasteiger partial charge in [-0.2, -0.15) is 20.1 Å². The minimum atomic E-state index is 0.335. The highest BCUT2D eigenvalue weighted by Crippen LogP contribution is 2.26. The molecule has 0 saturated heterocycles. The van der Waals surface area contributed by atoms with Crippen molar-refractivity contribution in [2.75, 3.05) is 17.4 Å². The normalized spacial score (nSPS) is 15.1. The zero-order valence-corrected chi connectivity index (χ0v) is 10.7. The number of rotatable bonds is 4. The SMILES string of the molecule is CN(c1nc(NN)nc(-n2cccn2)n1)C1CCC1. The summed E-state index contributed by atoms with van der Waals surface area (Å²) >= 11 is 0. The van der Waals surface area contributed by atoms with Crippen molar-refractivity contribution in [1.29, 1.82) is 0 Å². The van der Waals surface area contributed by atoms with Gasteiger partial charge in [0.05, 0.1) is 0 Å². The highest BCUT2D eigenvalue weighted by Gasteiger charge is 2.24. The molecule has 0 spiro atoms. The summed E-state index contributed by atoms with van der Waals surface area (Å²) in [5.41, 5.74) is 2.47. The summed E-state index contributed by atoms with van der Waals surface area (Å²) in [4.78, 5) is 15.0. The second kappa shape index (κ2) is 4.81. The number of nitrogen functional groups attached to an aromatic ring is 1. The van der Waals surface area contributed by atoms with Gasteiger partial charge in [0, 0.05) is 25.5 Å². The molecule has 19 heavy (non-hydrogen) atoms. The van der Waals surface area contributed by atoms with Crippen molar-refractivity contribution < 1.29 is 0 Å². The number of hydrogen-bond acceptors (Lipinski definition) is 7. The van der Waals surface area contributed by atoms with Crippen molar-refractivity contribution in [3.63, 3.8) is 0 Å². The first-order valence-corrected chi connectivity index (χ1v) is 6.23. The predicted octanol–water partition coefficient (Wildman–Crippen LogP) is 0.332. The zero-order chi connectivity index (χ0) is 13.2. The molecule has 0 aliphatic heterocycles. The molecule has 3 N–H and O–H groups in total. The molecule has 1 saturated carbocycles. The van der Waals surface area contributed by atoms with Crippen LogP contribution < -0.4 is 16.2 Å². The van der Waals surface area contributed by atoms with E-state index in [-0.39, 0.29) is 0 Å². The summed E-state index contributed by atoms with van der Waals surface area (Å²) in [5.74, 6) is 6.81. The molecule has 0 radical (unpaired) electrons. The monoisotopic (exact) mass is 260 g/mol. The maximum absolute atomic E-state index is 5.41. The Morgan fingerprint density at radius 2 is 2.21 bits per heavy atom. The Hall–Kier alpha value is -2.22. The van der Waals surface area contributed by atoms with E-state index < -0.39 is 0 Å². The van der Waals surface area contributed by atoms with Crippen molar-refractivity contribution in [2.45, 2.75) is 25.3 Å². The summed E-state index contributed by atoms with van der Waals surface area (Å²) in [6, 6.07) is 2.31. The quantitative estimate of drug-likeness (QED) is 0.604. The number of nitrogens with one attached hydrogen (secondary N) is 1. The van der Waals surface area contributed by atoms with E-state index in [1.165, 1.54) is 19.3 Å². The third-order valence-corrected chi connectivity index (χ3v) is 3.39. The number of hydrazine groups is 1. The first kappa shape index (κ1) is 11.8. The van der Waals surface area contributed by atoms with Crippen LogP contribution in [-0.4, -0.2) is 37.8 Å². The Labute approximate surface area is 110 Å². The molecule has 100 valence electrons. The molecule has 8 nitrogen and oxygen atoms in total. The fourth-order valence-electron chi connectivity index (χ4n) is 2.00. The molecule has 0 aromatic carbocycles. The molecular formula is C11H16N8. The van der Waals surface area contributed by atoms with Gasteiger partial charge < -0.3 is 4.90 Å². The lowest BCUT2D eigenvalue weighted by Gasteiger charge is -2.34. The standard InChI is InChI=1S/C11H16N8/c1-18(8-4-2-5-8)10-14-9(17-12)15-11(16-10)19-7-3-6-13-19/h3,6-8H,2,4-5,12H2,1H3,(H,14,15,16,17). The van der Waals surface area contributed by atoms with Crippen molar-refractivity contribution in [1.82, 2.24) is 24.7 Å². The van der Waals surface area contributed by atoms with Gasteiger partial charge in [-0.15, -0.1) is 0 Å². The average molecular weight is 260 g/mol. The Balaban J connectivity index is 1.97. The van der Waals surface area contributed by atoms with Gasteiger partial charge >= 0.3 is 0 Å². The van der Waals surface area contributed by atoms with Crippen molar-refractivity contribution >= 4 is 11.9 Å². The summed E-state index contributed by atoms with van der Waals surface area (Å²) < 4.78 is 1.58. The van der Waals surface area contributed by atoms with Crippen LogP contribution >= 0.6 is 0 Å². The molecule has 1 fully saturated rings. The first-order valence-electron chi connectivity index (χ1n) is 6.23. The number of aromatic nitrogens is 5. The molecule has 0 amide bonds. The maximum Gasteiger partial charge on any atom is 0.257 e. The van der Waals surface area contributed by atoms with Gasteiger partial charge in [0.25, 0.3) is 5.95 Å². The fraction of sp³-hybridized carbons (Fsp3) is 0.455. The van der Waals surface area contributed by atoms with Crippen LogP contribution in [0.1, 0.15) is 19.3 Å². The molecule has 1 aliphatic carbocycles. The molecular weight excluding hydrogens is 244 g/mol. The summed E-state index contributed by atoms with van der Waals surface area (Å²) in [6.07, 6.45) is 7.06. The summed E-state index contributed by atoms with van der Waals surface area (Å²) in [6.45, 7) is 0. The van der Waals surface area contributed by atoms with E-state index in [1.54, 1.807) is 17.1 Å². The molecule has 0 unspecified atom stereocenters. The molecule has 2 aromatic heterocycles. The second-order valence-electron chi connectivity index (χ2n) is 4.55. The third kappa shape index (κ3) is 2.22. The van der Waals surface area contributed by atoms with Crippen LogP contribution in [0.5, 0.6) is 0 Å². The Kier molecular flexibility index (Phi) is 3.00. The van der Waals surface area contributed by atoms with E-state index in [0.29, 0.717) is 23.9 Å². The van der Waals surface area contributed by atoms with Crippen molar-refractivity contribution in [3.05, 3.63) is 18.5 Å². The van der Waals surface area contributed by atoms with Gasteiger partial charge in [-0.1, -0.05) is 0 Å². The maximum atomic E-state index is 5.41. The van der Waals surface area contributed by atoms with Crippen molar-refractivity contribution in [3.8, 4) is 5.95 Å². The highest BCUT2D eigenvalue weighted by atomic mass is 15.4. The van der Waals surface area contributed by atoms with Crippen molar-refractivity contribution in [2.24, 2.45) is 5.84 Å². The topological polar surface area (TPSA) is 97.8 Å². The zero-order valence-electron chi connectivity index (χ0n) is 10.7. The predicted molar refractivity (Wildman–Crippen MR) is 70.8 cm³/mol. The van der Waals surface area contributed by atoms with Gasteiger partial charge in [-0.25, -0.2) is 10.5 Å². The summed E-state index contributed by atoms with van der Waals surface area (Å²) in [7, 11) is 1.99. The lowest BCUT2D eigenvalue weighted by Crippen LogP contribution is -2.38. The van der Waals surface area contributed by atoms with Crippen LogP contribution in [0, 0.1) is 0 Å². The number of nitrogens with zero attached hydrogens (tertiary/aromatic N) is 6. The Morgan fingerprint density at radius 3 is 2.79 bits per heavy atom. The molecule has 1 aliphatic rings. The molecule has 3 rings (SSSR count). The van der Waals surface area contributed by atoms with E-state index in [1.807, 2.05) is 13.1 Å². The molecule has 0 bridgehead atoms. The Morgan fingerprint density at radius 1 is 1.37 bits per heavy atom. The number of anilines is 2. The molecule has 2 heterocycles. The van der Waals surface area contributed by atoms with E-state index in [2.05, 4.69) is 30.4 Å². The van der Waals surface area contributed by atoms with Crippen LogP contribution in [0.25, 0.3) is 5.95 Å². The van der Waals surface area contributed by atoms with Gasteiger partial charge in [-0.3, -0.25) is 5.43 Å². The van der Waals surface area contributed by atoms with Crippen LogP contribution in [0.4, 0.5) is 11.9 Å². The third-order valence-electron chi connectivity index (χ3n) is 3.39. The molecule has 8 heteroatoms. The van der Waals surface area contributed by atoms with Crippen LogP contribution in [0.3, 0.4) is 0 Å². The average Bonchev–Trinajstić information content (AvgIpc) is 2.90. The van der Waals surface area contributed by atoms with E-state index in [0.717, 1.165) is 0 Å². The minimum Gasteiger partial charge on any atom is -0.341 e. The lowest BCUT2D eigenvalue weighted by atomic mass is 9.92. The largest absolute Gasteiger partial charge is 0.341 e. The Bertz CT molecular complexity index is 548. The van der Waals surface area contributed by atoms with Gasteiger partial charge in [0.2, 0.25) is 11.9 Å². The first-order chi connectivity index (χ1) is 9.28. The summed E-state index contributed by atoms with van der Waals surface area (Å²) in [5, 5.41) is 4.12. The second-order valence-corrected chi connectivity index (χ2v) is 4.55. The van der Waals surface area contributed by atoms with Gasteiger partial charge in [0.1, 0.15) is 0 Å². The minimum absolute atomic E-state index is 0.335. The number of nitrogens with two attached hydrogens (primary N) is 1. The van der Waals surface area contributed by atoms with E-state index in [9.17, 15) is 0 Å². The van der Waals surface area contributed by atoms with Gasteiger partial charge in [-0.05, 0) is 25.3 Å². The highest BCUT2D eigenvalue weighted by molar-refractivity contribution is 5.40. The van der Waals surface area contributed by atoms with Crippen LogP contribution in [0.2, 0.25) is 0 Å². The van der Waals surface area contributed by atoms with Crippen LogP contribution in [0.15, 0.2) is 18.5 Å². The van der Waals surface area contributed by atoms with Gasteiger partial charge in [0.15, 0.2) is 0 Å². The fourth-order valence-corrected chi connectivity index (χ4v) is 2.00. The molecule has 2 aromatic rings. The molecule has 0 atom stereocenters. The lowest BCUT2D eigenvalue weighted by molar-refractivity contribution is 0.397. The van der Waals surface area contributed by atoms with E-state index in [4.69, 9.17) is 5.84 Å². The van der Waals surface area contributed by atoms with E-state index >= 15 is 0 Å². The smallest absolute Gasteiger partial charge is 0.257 e.